The van der Waals surface area contributed by atoms with Crippen molar-refractivity contribution in [1.82, 2.24) is 0 Å². The second-order valence-electron chi connectivity index (χ2n) is 8.41. The monoisotopic (exact) mass is 364 g/mol. The Morgan fingerprint density at radius 2 is 2.19 bits per heavy atom. The Hall–Kier alpha value is -1.33. The summed E-state index contributed by atoms with van der Waals surface area (Å²) in [5.74, 6) is -5.28. The molecule has 26 heavy (non-hydrogen) atoms. The molecule has 0 aromatic heterocycles. The molecule has 0 aromatic carbocycles. The largest absolute Gasteiger partial charge is 0.393 e. The highest BCUT2D eigenvalue weighted by atomic mass is 16.3. The molecular weight excluding hydrogens is 332 g/mol. The van der Waals surface area contributed by atoms with E-state index in [-0.39, 0.29) is 25.0 Å². The highest BCUT2D eigenvalue weighted by Gasteiger charge is 2.64. The third-order valence-electron chi connectivity index (χ3n) is 7.38. The Morgan fingerprint density at radius 3 is 2.88 bits per heavy atom. The van der Waals surface area contributed by atoms with Crippen LogP contribution in [0.2, 0.25) is 0 Å². The van der Waals surface area contributed by atoms with E-state index in [1.165, 1.54) is 6.08 Å². The van der Waals surface area contributed by atoms with Gasteiger partial charge in [0.25, 0.3) is 0 Å². The molecular formula is C21H28O5. The predicted molar refractivity (Wildman–Crippen MR) is 94.1 cm³/mol. The summed E-state index contributed by atoms with van der Waals surface area (Å²) in [6.45, 7) is 0.877. The minimum Gasteiger partial charge on any atom is -0.393 e. The molecule has 4 aliphatic rings. The van der Waals surface area contributed by atoms with Gasteiger partial charge in [-0.3, -0.25) is 9.59 Å². The summed E-state index contributed by atoms with van der Waals surface area (Å²) in [5.41, 5.74) is -2.41. The van der Waals surface area contributed by atoms with Gasteiger partial charge in [0.2, 0.25) is 0 Å². The van der Waals surface area contributed by atoms with Gasteiger partial charge in [-0.1, -0.05) is 12.5 Å². The number of aliphatic hydroxyl groups excluding tert-OH is 1. The third-order valence-corrected chi connectivity index (χ3v) is 7.38. The Morgan fingerprint density at radius 1 is 1.42 bits per heavy atom. The molecule has 0 radical (unpaired) electrons. The molecule has 0 heterocycles. The molecule has 3 saturated carbocycles. The van der Waals surface area contributed by atoms with E-state index in [2.05, 4.69) is 0 Å². The van der Waals surface area contributed by atoms with E-state index >= 15 is 0 Å². The van der Waals surface area contributed by atoms with Crippen molar-refractivity contribution in [3.63, 3.8) is 0 Å². The maximum Gasteiger partial charge on any atom is 0.162 e. The smallest absolute Gasteiger partial charge is 0.162 e. The molecule has 4 aliphatic carbocycles. The zero-order valence-electron chi connectivity index (χ0n) is 19.0. The first-order valence-electron chi connectivity index (χ1n) is 11.4. The summed E-state index contributed by atoms with van der Waals surface area (Å²) >= 11 is 0. The standard InChI is InChI=1S/C21H28O5/c1-20-7-6-13(24)8-12(20)2-3-14-15-4-5-16(18(26)10-22)21(15,11-23)9-17(25)19(14)20/h8,11,14-17,19,22,25H,2-7,9-10H2,1H3/t14-,15-,16+,17-,19+,20-,21-/m0/s1/i9D2,17D,19D. The first-order chi connectivity index (χ1) is 13.9. The number of fused-ring (bicyclic) bond motifs is 5. The lowest BCUT2D eigenvalue weighted by atomic mass is 9.45. The van der Waals surface area contributed by atoms with Crippen LogP contribution in [-0.2, 0) is 14.4 Å². The van der Waals surface area contributed by atoms with Crippen LogP contribution in [0.25, 0.3) is 0 Å². The topological polar surface area (TPSA) is 91.7 Å². The van der Waals surface area contributed by atoms with Crippen molar-refractivity contribution in [2.24, 2.45) is 34.5 Å². The van der Waals surface area contributed by atoms with Gasteiger partial charge in [-0.15, -0.1) is 0 Å². The number of aldehydes is 1. The number of allylic oxidation sites excluding steroid dienone is 1. The van der Waals surface area contributed by atoms with Crippen LogP contribution >= 0.6 is 0 Å². The van der Waals surface area contributed by atoms with E-state index < -0.39 is 59.3 Å². The van der Waals surface area contributed by atoms with Crippen LogP contribution in [0.3, 0.4) is 0 Å². The number of hydrogen-bond donors (Lipinski definition) is 2. The molecule has 142 valence electrons. The quantitative estimate of drug-likeness (QED) is 0.746. The number of rotatable bonds is 3. The fraction of sp³-hybridized carbons (Fsp3) is 0.762. The van der Waals surface area contributed by atoms with Crippen molar-refractivity contribution in [3.8, 4) is 0 Å². The lowest BCUT2D eigenvalue weighted by Gasteiger charge is -2.59. The fourth-order valence-electron chi connectivity index (χ4n) is 6.12. The van der Waals surface area contributed by atoms with Crippen molar-refractivity contribution < 1.29 is 30.1 Å². The van der Waals surface area contributed by atoms with Gasteiger partial charge in [-0.05, 0) is 67.7 Å². The first kappa shape index (κ1) is 13.8. The fourth-order valence-corrected chi connectivity index (χ4v) is 6.12. The molecule has 0 bridgehead atoms. The molecule has 3 fully saturated rings. The summed E-state index contributed by atoms with van der Waals surface area (Å²) in [7, 11) is 0. The summed E-state index contributed by atoms with van der Waals surface area (Å²) < 4.78 is 36.0. The van der Waals surface area contributed by atoms with Crippen LogP contribution in [0.15, 0.2) is 11.6 Å². The molecule has 5 heteroatoms. The molecule has 0 amide bonds. The van der Waals surface area contributed by atoms with E-state index in [1.807, 2.05) is 0 Å². The van der Waals surface area contributed by atoms with Crippen molar-refractivity contribution >= 4 is 17.9 Å². The van der Waals surface area contributed by atoms with Gasteiger partial charge in [0.1, 0.15) is 12.9 Å². The van der Waals surface area contributed by atoms with Gasteiger partial charge in [0.05, 0.1) is 7.45 Å². The molecule has 0 aromatic rings. The Bertz CT molecular complexity index is 854. The number of Topliss-reactive ketones (excluding diaryl/α,β-unsaturated/α-hetero) is 1. The van der Waals surface area contributed by atoms with E-state index in [0.29, 0.717) is 31.1 Å². The summed E-state index contributed by atoms with van der Waals surface area (Å²) in [6.07, 6.45) is -2.38. The number of ketones is 2. The molecule has 0 spiro atoms. The number of carbonyl (C=O) groups excluding carboxylic acids is 3. The number of hydrogen-bond acceptors (Lipinski definition) is 5. The SMILES string of the molecule is [2H]C1([2H])[C@@]2(C=O)[C@@H](C(=O)CO)CC[C@H]2[C@@H]2CCC3=CC(=O)CC[C@]3(C)[C@@]2([2H])[C@@]1([2H])O. The molecule has 2 N–H and O–H groups in total. The van der Waals surface area contributed by atoms with Crippen molar-refractivity contribution in [2.45, 2.75) is 57.9 Å². The van der Waals surface area contributed by atoms with Crippen LogP contribution in [0, 0.1) is 34.5 Å². The first-order valence-corrected chi connectivity index (χ1v) is 9.43. The molecule has 0 saturated heterocycles. The molecule has 4 rings (SSSR count). The van der Waals surface area contributed by atoms with Crippen LogP contribution in [0.1, 0.15) is 57.3 Å². The normalized spacial score (nSPS) is 57.3. The van der Waals surface area contributed by atoms with E-state index in [0.717, 1.165) is 0 Å². The van der Waals surface area contributed by atoms with Crippen molar-refractivity contribution in [3.05, 3.63) is 11.6 Å². The lowest BCUT2D eigenvalue weighted by molar-refractivity contribution is -0.157. The summed E-state index contributed by atoms with van der Waals surface area (Å²) in [5, 5.41) is 20.9. The highest BCUT2D eigenvalue weighted by molar-refractivity contribution is 5.91. The molecule has 7 atom stereocenters. The van der Waals surface area contributed by atoms with E-state index in [4.69, 9.17) is 4.11 Å². The second kappa shape index (κ2) is 6.10. The minimum atomic E-state index is -3.00. The average molecular weight is 364 g/mol. The van der Waals surface area contributed by atoms with E-state index in [1.54, 1.807) is 6.92 Å². The summed E-state index contributed by atoms with van der Waals surface area (Å²) in [6, 6.07) is 0. The van der Waals surface area contributed by atoms with Gasteiger partial charge >= 0.3 is 0 Å². The van der Waals surface area contributed by atoms with Crippen LogP contribution in [0.4, 0.5) is 0 Å². The third kappa shape index (κ3) is 2.26. The molecule has 0 aliphatic heterocycles. The van der Waals surface area contributed by atoms with Gasteiger partial charge in [0.15, 0.2) is 11.6 Å². The van der Waals surface area contributed by atoms with Crippen LogP contribution < -0.4 is 0 Å². The van der Waals surface area contributed by atoms with Gasteiger partial charge in [-0.2, -0.15) is 0 Å². The lowest BCUT2D eigenvalue weighted by Crippen LogP contribution is -2.58. The molecule has 0 unspecified atom stereocenters. The van der Waals surface area contributed by atoms with Gasteiger partial charge in [-0.25, -0.2) is 0 Å². The zero-order chi connectivity index (χ0) is 22.3. The Kier molecular flexibility index (Phi) is 3.23. The van der Waals surface area contributed by atoms with Gasteiger partial charge < -0.3 is 15.0 Å². The second-order valence-corrected chi connectivity index (χ2v) is 8.41. The maximum absolute atomic E-state index is 12.5. The average Bonchev–Trinajstić information content (AvgIpc) is 3.09. The van der Waals surface area contributed by atoms with Crippen LogP contribution in [-0.4, -0.2) is 40.8 Å². The Balaban J connectivity index is 1.97. The zero-order valence-corrected chi connectivity index (χ0v) is 15.0. The highest BCUT2D eigenvalue weighted by Crippen LogP contribution is 2.66. The van der Waals surface area contributed by atoms with Crippen molar-refractivity contribution in [1.29, 1.82) is 0 Å². The Labute approximate surface area is 159 Å². The number of carbonyl (C=O) groups is 3. The summed E-state index contributed by atoms with van der Waals surface area (Å²) in [4.78, 5) is 37.0. The minimum absolute atomic E-state index is 0.0754. The van der Waals surface area contributed by atoms with Gasteiger partial charge in [0, 0.05) is 21.9 Å². The van der Waals surface area contributed by atoms with Crippen LogP contribution in [0.5, 0.6) is 0 Å². The predicted octanol–water partition coefficient (Wildman–Crippen LogP) is 1.85. The maximum atomic E-state index is 12.5. The van der Waals surface area contributed by atoms with E-state index in [9.17, 15) is 26.0 Å². The number of aliphatic hydroxyl groups is 2. The molecule has 5 nitrogen and oxygen atoms in total. The van der Waals surface area contributed by atoms with Crippen molar-refractivity contribution in [2.75, 3.05) is 6.61 Å².